The zero-order chi connectivity index (χ0) is 20.2. The van der Waals surface area contributed by atoms with E-state index < -0.39 is 0 Å². The molecule has 2 aliphatic heterocycles. The van der Waals surface area contributed by atoms with E-state index in [0.717, 1.165) is 16.7 Å². The molecule has 2 aromatic rings. The Morgan fingerprint density at radius 1 is 1.24 bits per heavy atom. The van der Waals surface area contributed by atoms with Crippen molar-refractivity contribution in [3.63, 3.8) is 0 Å². The van der Waals surface area contributed by atoms with Crippen molar-refractivity contribution in [3.05, 3.63) is 77.1 Å². The van der Waals surface area contributed by atoms with E-state index >= 15 is 0 Å². The maximum Gasteiger partial charge on any atom is 0.411 e. The topological polar surface area (TPSA) is 62.6 Å². The smallest absolute Gasteiger partial charge is 0.411 e. The fourth-order valence-electron chi connectivity index (χ4n) is 3.86. The number of hydrogen-bond acceptors (Lipinski definition) is 4. The van der Waals surface area contributed by atoms with Crippen molar-refractivity contribution >= 4 is 11.7 Å². The molecule has 5 nitrogen and oxygen atoms in total. The normalized spacial score (nSPS) is 20.6. The minimum absolute atomic E-state index is 0.0469. The van der Waals surface area contributed by atoms with Gasteiger partial charge < -0.3 is 9.47 Å². The van der Waals surface area contributed by atoms with Crippen molar-refractivity contribution in [3.8, 4) is 6.07 Å². The predicted octanol–water partition coefficient (Wildman–Crippen LogP) is 4.09. The molecule has 0 radical (unpaired) electrons. The molecule has 1 saturated heterocycles. The molecule has 0 aromatic heterocycles. The Hall–Kier alpha value is -3.17. The Morgan fingerprint density at radius 2 is 2.07 bits per heavy atom. The van der Waals surface area contributed by atoms with E-state index in [1.807, 2.05) is 48.5 Å². The van der Waals surface area contributed by atoms with Crippen LogP contribution in [-0.2, 0) is 22.5 Å². The number of halogens is 1. The van der Waals surface area contributed by atoms with E-state index in [9.17, 15) is 9.18 Å². The third-order valence-corrected chi connectivity index (χ3v) is 5.31. The highest BCUT2D eigenvalue weighted by atomic mass is 19.1. The Morgan fingerprint density at radius 3 is 2.79 bits per heavy atom. The van der Waals surface area contributed by atoms with Crippen LogP contribution in [0.3, 0.4) is 0 Å². The number of carbonyl (C=O) groups excluding carboxylic acids is 1. The SMILES string of the molecule is N#CCc1ccc(C2=CC3COCC(C2)N3C(=O)OCc2ccccc2)cc1F. The average molecular weight is 392 g/mol. The quantitative estimate of drug-likeness (QED) is 0.786. The molecule has 2 aromatic carbocycles. The molecule has 2 heterocycles. The summed E-state index contributed by atoms with van der Waals surface area (Å²) >= 11 is 0. The van der Waals surface area contributed by atoms with Gasteiger partial charge in [-0.15, -0.1) is 0 Å². The lowest BCUT2D eigenvalue weighted by Gasteiger charge is -2.43. The van der Waals surface area contributed by atoms with Gasteiger partial charge in [-0.25, -0.2) is 9.18 Å². The van der Waals surface area contributed by atoms with Gasteiger partial charge in [0.1, 0.15) is 12.4 Å². The average Bonchev–Trinajstić information content (AvgIpc) is 2.73. The van der Waals surface area contributed by atoms with Crippen LogP contribution in [0.2, 0.25) is 0 Å². The Kier molecular flexibility index (Phi) is 5.59. The number of rotatable bonds is 4. The Labute approximate surface area is 169 Å². The van der Waals surface area contributed by atoms with E-state index in [4.69, 9.17) is 14.7 Å². The lowest BCUT2D eigenvalue weighted by atomic mass is 9.89. The first kappa shape index (κ1) is 19.2. The van der Waals surface area contributed by atoms with Crippen molar-refractivity contribution in [2.75, 3.05) is 13.2 Å². The van der Waals surface area contributed by atoms with Crippen molar-refractivity contribution < 1.29 is 18.7 Å². The van der Waals surface area contributed by atoms with Crippen LogP contribution >= 0.6 is 0 Å². The summed E-state index contributed by atoms with van der Waals surface area (Å²) in [5.41, 5.74) is 3.09. The van der Waals surface area contributed by atoms with Gasteiger partial charge in [-0.3, -0.25) is 4.90 Å². The van der Waals surface area contributed by atoms with Crippen LogP contribution in [0.1, 0.15) is 23.1 Å². The fraction of sp³-hybridized carbons (Fsp3) is 0.304. The molecule has 2 bridgehead atoms. The molecule has 0 N–H and O–H groups in total. The maximum atomic E-state index is 14.3. The van der Waals surface area contributed by atoms with Gasteiger partial charge in [-0.05, 0) is 29.2 Å². The summed E-state index contributed by atoms with van der Waals surface area (Å²) < 4.78 is 25.4. The van der Waals surface area contributed by atoms with E-state index in [-0.39, 0.29) is 37.0 Å². The number of nitriles is 1. The second kappa shape index (κ2) is 8.46. The minimum Gasteiger partial charge on any atom is -0.445 e. The van der Waals surface area contributed by atoms with Gasteiger partial charge in [0.05, 0.1) is 37.8 Å². The molecule has 29 heavy (non-hydrogen) atoms. The first-order valence-electron chi connectivity index (χ1n) is 9.59. The van der Waals surface area contributed by atoms with Gasteiger partial charge in [0.15, 0.2) is 0 Å². The molecule has 0 spiro atoms. The van der Waals surface area contributed by atoms with Crippen LogP contribution in [0.25, 0.3) is 5.57 Å². The number of carbonyl (C=O) groups is 1. The van der Waals surface area contributed by atoms with Crippen molar-refractivity contribution in [2.24, 2.45) is 0 Å². The minimum atomic E-state index is -0.379. The molecule has 0 saturated carbocycles. The largest absolute Gasteiger partial charge is 0.445 e. The highest BCUT2D eigenvalue weighted by Gasteiger charge is 2.39. The molecule has 148 valence electrons. The number of nitrogens with zero attached hydrogens (tertiary/aromatic N) is 2. The summed E-state index contributed by atoms with van der Waals surface area (Å²) in [5.74, 6) is -0.379. The van der Waals surface area contributed by atoms with Gasteiger partial charge in [-0.2, -0.15) is 5.26 Å². The number of morpholine rings is 1. The summed E-state index contributed by atoms with van der Waals surface area (Å²) in [6.07, 6.45) is 2.20. The lowest BCUT2D eigenvalue weighted by Crippen LogP contribution is -2.56. The second-order valence-corrected chi connectivity index (χ2v) is 7.24. The highest BCUT2D eigenvalue weighted by molar-refractivity contribution is 5.74. The second-order valence-electron chi connectivity index (χ2n) is 7.24. The van der Waals surface area contributed by atoms with Crippen molar-refractivity contribution in [1.29, 1.82) is 5.26 Å². The molecular formula is C23H21FN2O3. The van der Waals surface area contributed by atoms with E-state index in [1.54, 1.807) is 11.0 Å². The summed E-state index contributed by atoms with van der Waals surface area (Å²) in [7, 11) is 0. The summed E-state index contributed by atoms with van der Waals surface area (Å²) in [6, 6.07) is 16.1. The fourth-order valence-corrected chi connectivity index (χ4v) is 3.86. The van der Waals surface area contributed by atoms with Crippen molar-refractivity contribution in [1.82, 2.24) is 4.90 Å². The van der Waals surface area contributed by atoms with E-state index in [1.165, 1.54) is 6.07 Å². The van der Waals surface area contributed by atoms with Gasteiger partial charge in [-0.1, -0.05) is 48.5 Å². The lowest BCUT2D eigenvalue weighted by molar-refractivity contribution is -0.0342. The number of fused-ring (bicyclic) bond motifs is 2. The van der Waals surface area contributed by atoms with Gasteiger partial charge >= 0.3 is 6.09 Å². The van der Waals surface area contributed by atoms with Gasteiger partial charge in [0.2, 0.25) is 0 Å². The molecule has 2 unspecified atom stereocenters. The molecular weight excluding hydrogens is 371 g/mol. The monoisotopic (exact) mass is 392 g/mol. The van der Waals surface area contributed by atoms with Crippen LogP contribution in [0.15, 0.2) is 54.6 Å². The van der Waals surface area contributed by atoms with Crippen LogP contribution in [0.5, 0.6) is 0 Å². The molecule has 2 atom stereocenters. The molecule has 0 aliphatic carbocycles. The van der Waals surface area contributed by atoms with E-state index in [2.05, 4.69) is 0 Å². The van der Waals surface area contributed by atoms with Crippen molar-refractivity contribution in [2.45, 2.75) is 31.5 Å². The Balaban J connectivity index is 1.50. The van der Waals surface area contributed by atoms with Gasteiger partial charge in [0, 0.05) is 5.56 Å². The molecule has 2 aliphatic rings. The first-order chi connectivity index (χ1) is 14.2. The number of hydrogen-bond donors (Lipinski definition) is 0. The zero-order valence-electron chi connectivity index (χ0n) is 15.9. The maximum absolute atomic E-state index is 14.3. The predicted molar refractivity (Wildman–Crippen MR) is 105 cm³/mol. The molecule has 1 fully saturated rings. The number of benzene rings is 2. The van der Waals surface area contributed by atoms with Crippen LogP contribution in [-0.4, -0.2) is 36.3 Å². The highest BCUT2D eigenvalue weighted by Crippen LogP contribution is 2.33. The number of amides is 1. The van der Waals surface area contributed by atoms with E-state index in [0.29, 0.717) is 25.2 Å². The first-order valence-corrected chi connectivity index (χ1v) is 9.59. The summed E-state index contributed by atoms with van der Waals surface area (Å²) in [4.78, 5) is 14.5. The van der Waals surface area contributed by atoms with Crippen LogP contribution in [0, 0.1) is 17.1 Å². The Bertz CT molecular complexity index is 968. The standard InChI is InChI=1S/C23H21FN2O3/c24-22-12-18(7-6-17(22)8-9-25)19-10-20-14-28-15-21(11-19)26(20)23(27)29-13-16-4-2-1-3-5-16/h1-7,10,12,20-21H,8,11,13-15H2. The molecule has 6 heteroatoms. The number of ether oxygens (including phenoxy) is 2. The van der Waals surface area contributed by atoms with Gasteiger partial charge in [0.25, 0.3) is 0 Å². The third kappa shape index (κ3) is 4.15. The van der Waals surface area contributed by atoms with Crippen LogP contribution in [0.4, 0.5) is 9.18 Å². The summed E-state index contributed by atoms with van der Waals surface area (Å²) in [5, 5.41) is 8.78. The third-order valence-electron chi connectivity index (χ3n) is 5.31. The van der Waals surface area contributed by atoms with Crippen LogP contribution < -0.4 is 0 Å². The molecule has 4 rings (SSSR count). The molecule has 1 amide bonds. The zero-order valence-corrected chi connectivity index (χ0v) is 15.9. The summed E-state index contributed by atoms with van der Waals surface area (Å²) in [6.45, 7) is 1.03.